The number of benzene rings is 2. The lowest BCUT2D eigenvalue weighted by atomic mass is 10.1. The van der Waals surface area contributed by atoms with Crippen molar-refractivity contribution in [1.82, 2.24) is 4.83 Å². The molecule has 0 aliphatic rings. The van der Waals surface area contributed by atoms with Gasteiger partial charge in [-0.15, -0.1) is 0 Å². The summed E-state index contributed by atoms with van der Waals surface area (Å²) in [6.07, 6.45) is 0.579. The molecule has 2 aromatic carbocycles. The average Bonchev–Trinajstić information content (AvgIpc) is 2.56. The number of ether oxygens (including phenoxy) is 1. The van der Waals surface area contributed by atoms with Gasteiger partial charge >= 0.3 is 0 Å². The molecule has 2 rings (SSSR count). The molecular weight excluding hydrogens is 336 g/mol. The summed E-state index contributed by atoms with van der Waals surface area (Å²) in [5, 5.41) is 4.52. The van der Waals surface area contributed by atoms with Gasteiger partial charge in [0, 0.05) is 5.02 Å². The molecule has 0 unspecified atom stereocenters. The molecule has 7 heteroatoms. The Labute approximate surface area is 141 Å². The van der Waals surface area contributed by atoms with E-state index in [0.29, 0.717) is 17.2 Å². The third-order valence-electron chi connectivity index (χ3n) is 3.18. The third kappa shape index (κ3) is 4.46. The number of methoxy groups -OCH3 is 1. The molecule has 5 nitrogen and oxygen atoms in total. The summed E-state index contributed by atoms with van der Waals surface area (Å²) < 4.78 is 29.5. The highest BCUT2D eigenvalue weighted by molar-refractivity contribution is 7.89. The van der Waals surface area contributed by atoms with E-state index in [1.807, 2.05) is 19.1 Å². The molecular formula is C16H17ClN2O3S. The van der Waals surface area contributed by atoms with Crippen LogP contribution < -0.4 is 9.57 Å². The number of halogens is 1. The zero-order valence-electron chi connectivity index (χ0n) is 12.8. The Morgan fingerprint density at radius 1 is 1.13 bits per heavy atom. The number of hydrogen-bond donors (Lipinski definition) is 1. The lowest BCUT2D eigenvalue weighted by Gasteiger charge is -2.08. The van der Waals surface area contributed by atoms with E-state index in [4.69, 9.17) is 16.3 Å². The molecule has 0 amide bonds. The SMILES string of the molecule is CC/C(=N/NS(=O)(=O)c1ccc(Cl)cc1)c1ccc(OC)cc1. The predicted octanol–water partition coefficient (Wildman–Crippen LogP) is 3.44. The van der Waals surface area contributed by atoms with Gasteiger partial charge in [-0.25, -0.2) is 0 Å². The summed E-state index contributed by atoms with van der Waals surface area (Å²) >= 11 is 5.76. The van der Waals surface area contributed by atoms with E-state index >= 15 is 0 Å². The van der Waals surface area contributed by atoms with Crippen molar-refractivity contribution < 1.29 is 13.2 Å². The van der Waals surface area contributed by atoms with E-state index in [1.165, 1.54) is 24.3 Å². The largest absolute Gasteiger partial charge is 0.497 e. The van der Waals surface area contributed by atoms with Crippen molar-refractivity contribution in [3.63, 3.8) is 0 Å². The van der Waals surface area contributed by atoms with Gasteiger partial charge in [0.15, 0.2) is 0 Å². The van der Waals surface area contributed by atoms with Crippen molar-refractivity contribution in [3.8, 4) is 5.75 Å². The number of sulfonamides is 1. The Morgan fingerprint density at radius 3 is 2.26 bits per heavy atom. The molecule has 0 atom stereocenters. The molecule has 0 spiro atoms. The first-order chi connectivity index (χ1) is 11.0. The summed E-state index contributed by atoms with van der Waals surface area (Å²) in [6, 6.07) is 13.2. The number of rotatable bonds is 6. The Balaban J connectivity index is 2.22. The zero-order chi connectivity index (χ0) is 16.9. The van der Waals surface area contributed by atoms with Gasteiger partial charge in [-0.3, -0.25) is 0 Å². The number of hydrogen-bond acceptors (Lipinski definition) is 4. The maximum absolute atomic E-state index is 12.2. The zero-order valence-corrected chi connectivity index (χ0v) is 14.4. The van der Waals surface area contributed by atoms with Crippen LogP contribution in [0, 0.1) is 0 Å². The average molecular weight is 353 g/mol. The van der Waals surface area contributed by atoms with Crippen molar-refractivity contribution >= 4 is 27.3 Å². The fraction of sp³-hybridized carbons (Fsp3) is 0.188. The molecule has 23 heavy (non-hydrogen) atoms. The van der Waals surface area contributed by atoms with Gasteiger partial charge in [0.1, 0.15) is 5.75 Å². The van der Waals surface area contributed by atoms with E-state index in [9.17, 15) is 8.42 Å². The van der Waals surface area contributed by atoms with Crippen molar-refractivity contribution in [2.24, 2.45) is 5.10 Å². The normalized spacial score (nSPS) is 12.0. The highest BCUT2D eigenvalue weighted by Crippen LogP contribution is 2.15. The molecule has 0 saturated carbocycles. The molecule has 0 aliphatic carbocycles. The van der Waals surface area contributed by atoms with Crippen molar-refractivity contribution in [2.45, 2.75) is 18.2 Å². The van der Waals surface area contributed by atoms with E-state index in [0.717, 1.165) is 11.3 Å². The highest BCUT2D eigenvalue weighted by atomic mass is 35.5. The first-order valence-corrected chi connectivity index (χ1v) is 8.80. The predicted molar refractivity (Wildman–Crippen MR) is 91.6 cm³/mol. The molecule has 122 valence electrons. The number of nitrogens with one attached hydrogen (secondary N) is 1. The summed E-state index contributed by atoms with van der Waals surface area (Å²) in [5.74, 6) is 0.728. The molecule has 0 bridgehead atoms. The summed E-state index contributed by atoms with van der Waals surface area (Å²) in [5.41, 5.74) is 1.46. The Bertz CT molecular complexity index is 785. The molecule has 0 saturated heterocycles. The Hall–Kier alpha value is -2.05. The minimum atomic E-state index is -3.72. The van der Waals surface area contributed by atoms with E-state index in [2.05, 4.69) is 9.93 Å². The Morgan fingerprint density at radius 2 is 1.74 bits per heavy atom. The van der Waals surface area contributed by atoms with Gasteiger partial charge in [-0.2, -0.15) is 18.4 Å². The van der Waals surface area contributed by atoms with Crippen LogP contribution in [-0.4, -0.2) is 21.2 Å². The first kappa shape index (κ1) is 17.3. The van der Waals surface area contributed by atoms with Crippen LogP contribution in [0.4, 0.5) is 0 Å². The van der Waals surface area contributed by atoms with Gasteiger partial charge in [-0.1, -0.05) is 18.5 Å². The molecule has 0 aromatic heterocycles. The minimum absolute atomic E-state index is 0.107. The maximum atomic E-state index is 12.2. The van der Waals surface area contributed by atoms with Crippen LogP contribution >= 0.6 is 11.6 Å². The van der Waals surface area contributed by atoms with E-state index in [-0.39, 0.29) is 4.90 Å². The number of nitrogens with zero attached hydrogens (tertiary/aromatic N) is 1. The van der Waals surface area contributed by atoms with Gasteiger partial charge in [0.05, 0.1) is 17.7 Å². The fourth-order valence-corrected chi connectivity index (χ4v) is 2.87. The van der Waals surface area contributed by atoms with E-state index < -0.39 is 10.0 Å². The summed E-state index contributed by atoms with van der Waals surface area (Å²) in [4.78, 5) is 2.37. The molecule has 0 aliphatic heterocycles. The van der Waals surface area contributed by atoms with Crippen molar-refractivity contribution in [1.29, 1.82) is 0 Å². The van der Waals surface area contributed by atoms with Crippen LogP contribution in [-0.2, 0) is 10.0 Å². The molecule has 0 fully saturated rings. The minimum Gasteiger partial charge on any atom is -0.497 e. The molecule has 0 radical (unpaired) electrons. The molecule has 1 N–H and O–H groups in total. The first-order valence-electron chi connectivity index (χ1n) is 6.94. The molecule has 2 aromatic rings. The lowest BCUT2D eigenvalue weighted by Crippen LogP contribution is -2.20. The fourth-order valence-electron chi connectivity index (χ4n) is 1.91. The van der Waals surface area contributed by atoms with Crippen LogP contribution in [0.2, 0.25) is 5.02 Å². The van der Waals surface area contributed by atoms with Crippen LogP contribution in [0.3, 0.4) is 0 Å². The van der Waals surface area contributed by atoms with Crippen LogP contribution in [0.1, 0.15) is 18.9 Å². The topological polar surface area (TPSA) is 67.8 Å². The second-order valence-electron chi connectivity index (χ2n) is 4.69. The Kier molecular flexibility index (Phi) is 5.63. The monoisotopic (exact) mass is 352 g/mol. The lowest BCUT2D eigenvalue weighted by molar-refractivity contribution is 0.415. The van der Waals surface area contributed by atoms with Gasteiger partial charge < -0.3 is 4.74 Å². The second kappa shape index (κ2) is 7.48. The van der Waals surface area contributed by atoms with Crippen LogP contribution in [0.5, 0.6) is 5.75 Å². The van der Waals surface area contributed by atoms with Crippen molar-refractivity contribution in [3.05, 3.63) is 59.1 Å². The van der Waals surface area contributed by atoms with Gasteiger partial charge in [0.2, 0.25) is 0 Å². The van der Waals surface area contributed by atoms with Crippen LogP contribution in [0.15, 0.2) is 58.5 Å². The smallest absolute Gasteiger partial charge is 0.276 e. The van der Waals surface area contributed by atoms with Crippen molar-refractivity contribution in [2.75, 3.05) is 7.11 Å². The molecule has 0 heterocycles. The summed E-state index contributed by atoms with van der Waals surface area (Å²) in [7, 11) is -2.14. The maximum Gasteiger partial charge on any atom is 0.276 e. The third-order valence-corrected chi connectivity index (χ3v) is 4.66. The van der Waals surface area contributed by atoms with Crippen LogP contribution in [0.25, 0.3) is 0 Å². The quantitative estimate of drug-likeness (QED) is 0.639. The van der Waals surface area contributed by atoms with E-state index in [1.54, 1.807) is 19.2 Å². The second-order valence-corrected chi connectivity index (χ2v) is 6.79. The van der Waals surface area contributed by atoms with Gasteiger partial charge in [-0.05, 0) is 60.5 Å². The van der Waals surface area contributed by atoms with Gasteiger partial charge in [0.25, 0.3) is 10.0 Å². The highest BCUT2D eigenvalue weighted by Gasteiger charge is 2.13. The summed E-state index contributed by atoms with van der Waals surface area (Å²) in [6.45, 7) is 1.90. The number of hydrazone groups is 1. The standard InChI is InChI=1S/C16H17ClN2O3S/c1-3-16(12-4-8-14(22-2)9-5-12)18-19-23(20,21)15-10-6-13(17)7-11-15/h4-11,19H,3H2,1-2H3/b18-16-.